The van der Waals surface area contributed by atoms with Crippen LogP contribution in [-0.4, -0.2) is 5.75 Å². The first-order valence-electron chi connectivity index (χ1n) is 2.71. The molecular formula is C6H10S. The summed E-state index contributed by atoms with van der Waals surface area (Å²) < 4.78 is 0. The molecule has 0 amide bonds. The Kier molecular flexibility index (Phi) is 1.80. The molecule has 1 saturated heterocycles. The van der Waals surface area contributed by atoms with Crippen molar-refractivity contribution < 1.29 is 0 Å². The molecule has 0 atom stereocenters. The standard InChI is InChI=1S/C6H10S/c1-2-6-4-3-5-7-6/h2H,3-5H2,1H3/b6-2+. The maximum absolute atomic E-state index is 2.22. The van der Waals surface area contributed by atoms with Gasteiger partial charge in [-0.25, -0.2) is 0 Å². The summed E-state index contributed by atoms with van der Waals surface area (Å²) in [5.41, 5.74) is 0. The minimum absolute atomic E-state index is 1.33. The van der Waals surface area contributed by atoms with Gasteiger partial charge in [-0.05, 0) is 30.4 Å². The Hall–Kier alpha value is 0.0900. The van der Waals surface area contributed by atoms with E-state index >= 15 is 0 Å². The van der Waals surface area contributed by atoms with Crippen LogP contribution in [0.15, 0.2) is 11.0 Å². The monoisotopic (exact) mass is 114 g/mol. The molecule has 0 aromatic rings. The van der Waals surface area contributed by atoms with Crippen molar-refractivity contribution in [2.24, 2.45) is 0 Å². The predicted molar refractivity (Wildman–Crippen MR) is 35.4 cm³/mol. The summed E-state index contributed by atoms with van der Waals surface area (Å²) in [6, 6.07) is 0. The summed E-state index contributed by atoms with van der Waals surface area (Å²) in [4.78, 5) is 1.58. The Labute approximate surface area is 49.0 Å². The van der Waals surface area contributed by atoms with Crippen LogP contribution in [0.5, 0.6) is 0 Å². The van der Waals surface area contributed by atoms with Crippen molar-refractivity contribution in [3.63, 3.8) is 0 Å². The molecule has 1 heterocycles. The summed E-state index contributed by atoms with van der Waals surface area (Å²) >= 11 is 2.00. The van der Waals surface area contributed by atoms with E-state index in [1.165, 1.54) is 18.6 Å². The summed E-state index contributed by atoms with van der Waals surface area (Å²) in [5.74, 6) is 1.35. The lowest BCUT2D eigenvalue weighted by Crippen LogP contribution is -1.60. The molecule has 0 aliphatic carbocycles. The quantitative estimate of drug-likeness (QED) is 0.466. The van der Waals surface area contributed by atoms with Crippen LogP contribution < -0.4 is 0 Å². The molecule has 0 spiro atoms. The molecule has 0 N–H and O–H groups in total. The van der Waals surface area contributed by atoms with Crippen molar-refractivity contribution in [3.05, 3.63) is 11.0 Å². The van der Waals surface area contributed by atoms with Crippen LogP contribution in [0.4, 0.5) is 0 Å². The Balaban J connectivity index is 2.41. The highest BCUT2D eigenvalue weighted by Crippen LogP contribution is 2.29. The van der Waals surface area contributed by atoms with E-state index in [1.807, 2.05) is 11.8 Å². The lowest BCUT2D eigenvalue weighted by Gasteiger charge is -1.85. The van der Waals surface area contributed by atoms with E-state index in [1.54, 1.807) is 4.91 Å². The smallest absolute Gasteiger partial charge is 0.00200 e. The van der Waals surface area contributed by atoms with Crippen molar-refractivity contribution in [2.75, 3.05) is 5.75 Å². The zero-order valence-corrected chi connectivity index (χ0v) is 5.42. The summed E-state index contributed by atoms with van der Waals surface area (Å²) in [5, 5.41) is 0. The fraction of sp³-hybridized carbons (Fsp3) is 0.667. The zero-order chi connectivity index (χ0) is 5.11. The number of hydrogen-bond acceptors (Lipinski definition) is 1. The minimum Gasteiger partial charge on any atom is -0.131 e. The lowest BCUT2D eigenvalue weighted by atomic mass is 10.3. The molecule has 1 aliphatic rings. The average molecular weight is 114 g/mol. The van der Waals surface area contributed by atoms with E-state index in [0.29, 0.717) is 0 Å². The summed E-state index contributed by atoms with van der Waals surface area (Å²) in [7, 11) is 0. The molecule has 0 aromatic heterocycles. The molecule has 1 heteroatoms. The fourth-order valence-corrected chi connectivity index (χ4v) is 1.76. The van der Waals surface area contributed by atoms with E-state index in [-0.39, 0.29) is 0 Å². The summed E-state index contributed by atoms with van der Waals surface area (Å²) in [6.45, 7) is 2.12. The third kappa shape index (κ3) is 1.23. The van der Waals surface area contributed by atoms with E-state index in [9.17, 15) is 0 Å². The highest BCUT2D eigenvalue weighted by molar-refractivity contribution is 8.03. The van der Waals surface area contributed by atoms with Crippen molar-refractivity contribution in [1.29, 1.82) is 0 Å². The second-order valence-electron chi connectivity index (χ2n) is 1.71. The molecule has 0 unspecified atom stereocenters. The van der Waals surface area contributed by atoms with E-state index in [4.69, 9.17) is 0 Å². The van der Waals surface area contributed by atoms with Gasteiger partial charge in [0.05, 0.1) is 0 Å². The van der Waals surface area contributed by atoms with Gasteiger partial charge in [-0.15, -0.1) is 11.8 Å². The molecule has 0 radical (unpaired) electrons. The van der Waals surface area contributed by atoms with Gasteiger partial charge >= 0.3 is 0 Å². The lowest BCUT2D eigenvalue weighted by molar-refractivity contribution is 0.993. The van der Waals surface area contributed by atoms with Crippen LogP contribution >= 0.6 is 11.8 Å². The van der Waals surface area contributed by atoms with Crippen LogP contribution in [0, 0.1) is 0 Å². The second-order valence-corrected chi connectivity index (χ2v) is 2.93. The van der Waals surface area contributed by atoms with E-state index in [2.05, 4.69) is 13.0 Å². The van der Waals surface area contributed by atoms with Crippen LogP contribution in [0.2, 0.25) is 0 Å². The highest BCUT2D eigenvalue weighted by Gasteiger charge is 2.03. The van der Waals surface area contributed by atoms with Crippen LogP contribution in [0.1, 0.15) is 19.8 Å². The first-order valence-corrected chi connectivity index (χ1v) is 3.70. The van der Waals surface area contributed by atoms with Crippen LogP contribution in [0.25, 0.3) is 0 Å². The Morgan fingerprint density at radius 2 is 2.57 bits per heavy atom. The zero-order valence-electron chi connectivity index (χ0n) is 4.61. The first kappa shape index (κ1) is 5.23. The van der Waals surface area contributed by atoms with Gasteiger partial charge in [0.15, 0.2) is 0 Å². The number of rotatable bonds is 0. The maximum atomic E-state index is 2.22. The molecule has 40 valence electrons. The molecule has 0 nitrogen and oxygen atoms in total. The normalized spacial score (nSPS) is 26.7. The number of thioether (sulfide) groups is 1. The molecule has 1 aliphatic heterocycles. The Morgan fingerprint density at radius 1 is 1.71 bits per heavy atom. The van der Waals surface area contributed by atoms with Crippen LogP contribution in [-0.2, 0) is 0 Å². The van der Waals surface area contributed by atoms with Crippen molar-refractivity contribution in [3.8, 4) is 0 Å². The van der Waals surface area contributed by atoms with Gasteiger partial charge in [-0.1, -0.05) is 6.08 Å². The van der Waals surface area contributed by atoms with Crippen molar-refractivity contribution in [2.45, 2.75) is 19.8 Å². The Morgan fingerprint density at radius 3 is 2.86 bits per heavy atom. The van der Waals surface area contributed by atoms with Gasteiger partial charge in [0.1, 0.15) is 0 Å². The largest absolute Gasteiger partial charge is 0.131 e. The predicted octanol–water partition coefficient (Wildman–Crippen LogP) is 2.42. The van der Waals surface area contributed by atoms with E-state index < -0.39 is 0 Å². The number of allylic oxidation sites excluding steroid dienone is 2. The van der Waals surface area contributed by atoms with Gasteiger partial charge < -0.3 is 0 Å². The van der Waals surface area contributed by atoms with Crippen molar-refractivity contribution >= 4 is 11.8 Å². The van der Waals surface area contributed by atoms with E-state index in [0.717, 1.165) is 0 Å². The second kappa shape index (κ2) is 2.41. The third-order valence-corrected chi connectivity index (χ3v) is 2.48. The molecule has 0 saturated carbocycles. The SMILES string of the molecule is C/C=C1\CCCS1. The maximum Gasteiger partial charge on any atom is -0.00200 e. The van der Waals surface area contributed by atoms with Gasteiger partial charge in [-0.2, -0.15) is 0 Å². The highest BCUT2D eigenvalue weighted by atomic mass is 32.2. The fourth-order valence-electron chi connectivity index (χ4n) is 0.750. The third-order valence-electron chi connectivity index (χ3n) is 1.18. The van der Waals surface area contributed by atoms with Gasteiger partial charge in [-0.3, -0.25) is 0 Å². The van der Waals surface area contributed by atoms with Crippen LogP contribution in [0.3, 0.4) is 0 Å². The van der Waals surface area contributed by atoms with Gasteiger partial charge in [0, 0.05) is 0 Å². The first-order chi connectivity index (χ1) is 3.43. The number of hydrogen-bond donors (Lipinski definition) is 0. The Bertz CT molecular complexity index is 76.2. The van der Waals surface area contributed by atoms with Crippen molar-refractivity contribution in [1.82, 2.24) is 0 Å². The molecule has 1 rings (SSSR count). The molecule has 0 bridgehead atoms. The average Bonchev–Trinajstić information content (AvgIpc) is 2.14. The molecule has 1 fully saturated rings. The summed E-state index contributed by atoms with van der Waals surface area (Å²) in [6.07, 6.45) is 4.95. The molecular weight excluding hydrogens is 104 g/mol. The molecule has 0 aromatic carbocycles. The minimum atomic E-state index is 1.33. The molecule has 7 heavy (non-hydrogen) atoms. The van der Waals surface area contributed by atoms with Gasteiger partial charge in [0.2, 0.25) is 0 Å². The topological polar surface area (TPSA) is 0 Å². The van der Waals surface area contributed by atoms with Gasteiger partial charge in [0.25, 0.3) is 0 Å².